The van der Waals surface area contributed by atoms with Gasteiger partial charge in [-0.3, -0.25) is 21.3 Å². The van der Waals surface area contributed by atoms with Crippen molar-refractivity contribution in [2.24, 2.45) is 0 Å². The van der Waals surface area contributed by atoms with Gasteiger partial charge in [-0.2, -0.15) is 0 Å². The van der Waals surface area contributed by atoms with E-state index >= 15 is 0 Å². The zero-order valence-corrected chi connectivity index (χ0v) is 14.2. The summed E-state index contributed by atoms with van der Waals surface area (Å²) in [5, 5.41) is 18.4. The summed E-state index contributed by atoms with van der Waals surface area (Å²) in [7, 11) is 0. The van der Waals surface area contributed by atoms with Crippen molar-refractivity contribution in [3.05, 3.63) is 0 Å². The molecule has 1 rings (SSSR count). The minimum Gasteiger partial charge on any atom is -0.314 e. The van der Waals surface area contributed by atoms with Gasteiger partial charge in [0.05, 0.1) is 0 Å². The molecule has 0 radical (unpaired) electrons. The van der Waals surface area contributed by atoms with Crippen molar-refractivity contribution >= 4 is 46.4 Å². The third-order valence-corrected chi connectivity index (χ3v) is 3.66. The van der Waals surface area contributed by atoms with E-state index in [4.69, 9.17) is 46.4 Å². The first-order valence-corrected chi connectivity index (χ1v) is 8.10. The van der Waals surface area contributed by atoms with E-state index in [0.29, 0.717) is 26.2 Å². The highest BCUT2D eigenvalue weighted by molar-refractivity contribution is 6.48. The Balaban J connectivity index is 2.34. The van der Waals surface area contributed by atoms with Gasteiger partial charge in [-0.1, -0.05) is 46.4 Å². The van der Waals surface area contributed by atoms with Gasteiger partial charge >= 0.3 is 0 Å². The number of halogens is 4. The molecule has 0 aromatic heterocycles. The van der Waals surface area contributed by atoms with E-state index in [1.165, 1.54) is 0 Å². The lowest BCUT2D eigenvalue weighted by Gasteiger charge is -2.25. The van der Waals surface area contributed by atoms with Gasteiger partial charge in [0, 0.05) is 52.4 Å². The monoisotopic (exact) mass is 366 g/mol. The van der Waals surface area contributed by atoms with Crippen molar-refractivity contribution < 1.29 is 0 Å². The zero-order chi connectivity index (χ0) is 14.9. The molecule has 0 bridgehead atoms. The molecule has 10 heteroatoms. The summed E-state index contributed by atoms with van der Waals surface area (Å²) in [6, 6.07) is 0. The maximum absolute atomic E-state index is 6.07. The van der Waals surface area contributed by atoms with Crippen molar-refractivity contribution in [3.8, 4) is 0 Å². The lowest BCUT2D eigenvalue weighted by Crippen LogP contribution is -2.53. The van der Waals surface area contributed by atoms with Crippen LogP contribution in [0.15, 0.2) is 0 Å². The molecule has 0 aromatic carbocycles. The van der Waals surface area contributed by atoms with Crippen LogP contribution in [-0.4, -0.2) is 61.5 Å². The van der Waals surface area contributed by atoms with Crippen LogP contribution in [0.2, 0.25) is 0 Å². The van der Waals surface area contributed by atoms with Crippen molar-refractivity contribution in [2.75, 3.05) is 52.4 Å². The third-order valence-electron chi connectivity index (χ3n) is 2.60. The molecule has 120 valence electrons. The fourth-order valence-corrected chi connectivity index (χ4v) is 2.36. The summed E-state index contributed by atoms with van der Waals surface area (Å²) in [6.45, 7) is 5.47. The van der Waals surface area contributed by atoms with Gasteiger partial charge in [0.25, 0.3) is 0 Å². The molecule has 0 atom stereocenters. The molecule has 6 nitrogen and oxygen atoms in total. The number of hydrogen-bond acceptors (Lipinski definition) is 6. The smallest absolute Gasteiger partial charge is 0.224 e. The first-order chi connectivity index (χ1) is 9.41. The molecule has 0 aliphatic carbocycles. The summed E-state index contributed by atoms with van der Waals surface area (Å²) in [5.41, 5.74) is 0. The Morgan fingerprint density at radius 3 is 0.950 bits per heavy atom. The van der Waals surface area contributed by atoms with Gasteiger partial charge < -0.3 is 10.6 Å². The summed E-state index contributed by atoms with van der Waals surface area (Å²) >= 11 is 24.3. The zero-order valence-electron chi connectivity index (χ0n) is 11.2. The van der Waals surface area contributed by atoms with E-state index in [1.54, 1.807) is 0 Å². The average molecular weight is 368 g/mol. The summed E-state index contributed by atoms with van der Waals surface area (Å²) < 4.78 is -2.23. The van der Waals surface area contributed by atoms with Gasteiger partial charge in [0.15, 0.2) is 0 Å². The summed E-state index contributed by atoms with van der Waals surface area (Å²) in [4.78, 5) is 0. The number of nitrogens with one attached hydrogen (secondary N) is 6. The molecule has 0 amide bonds. The van der Waals surface area contributed by atoms with E-state index in [2.05, 4.69) is 31.9 Å². The molecule has 0 aromatic rings. The van der Waals surface area contributed by atoms with Crippen LogP contribution in [0.5, 0.6) is 0 Å². The largest absolute Gasteiger partial charge is 0.314 e. The van der Waals surface area contributed by atoms with Crippen LogP contribution in [-0.2, 0) is 0 Å². The number of hydrogen-bond donors (Lipinski definition) is 6. The maximum atomic E-state index is 6.07. The quantitative estimate of drug-likeness (QED) is 0.261. The molecule has 1 fully saturated rings. The fraction of sp³-hybridized carbons (Fsp3) is 1.00. The second-order valence-electron chi connectivity index (χ2n) is 4.36. The molecule has 0 unspecified atom stereocenters. The summed E-state index contributed by atoms with van der Waals surface area (Å²) in [6.07, 6.45) is 0. The van der Waals surface area contributed by atoms with Crippen LogP contribution >= 0.6 is 46.4 Å². The topological polar surface area (TPSA) is 72.2 Å². The molecule has 1 saturated heterocycles. The van der Waals surface area contributed by atoms with Gasteiger partial charge in [0.2, 0.25) is 9.16 Å². The summed E-state index contributed by atoms with van der Waals surface area (Å²) in [5.74, 6) is 0. The normalized spacial score (nSPS) is 27.0. The molecule has 1 aliphatic heterocycles. The Kier molecular flexibility index (Phi) is 9.33. The lowest BCUT2D eigenvalue weighted by atomic mass is 10.5. The third kappa shape index (κ3) is 9.78. The van der Waals surface area contributed by atoms with Gasteiger partial charge in [0.1, 0.15) is 0 Å². The van der Waals surface area contributed by atoms with Crippen LogP contribution in [0, 0.1) is 0 Å². The molecule has 1 heterocycles. The molecule has 20 heavy (non-hydrogen) atoms. The first-order valence-electron chi connectivity index (χ1n) is 6.58. The molecule has 1 aliphatic rings. The predicted molar refractivity (Wildman–Crippen MR) is 86.6 cm³/mol. The number of rotatable bonds is 0. The molecule has 0 spiro atoms. The van der Waals surface area contributed by atoms with Crippen LogP contribution in [0.4, 0.5) is 0 Å². The van der Waals surface area contributed by atoms with Crippen LogP contribution in [0.3, 0.4) is 0 Å². The minimum atomic E-state index is -1.11. The van der Waals surface area contributed by atoms with Gasteiger partial charge in [-0.05, 0) is 0 Å². The van der Waals surface area contributed by atoms with Crippen molar-refractivity contribution in [2.45, 2.75) is 9.16 Å². The average Bonchev–Trinajstić information content (AvgIpc) is 2.35. The number of alkyl halides is 4. The van der Waals surface area contributed by atoms with E-state index in [0.717, 1.165) is 26.2 Å². The van der Waals surface area contributed by atoms with E-state index in [1.807, 2.05) is 0 Å². The maximum Gasteiger partial charge on any atom is 0.224 e. The van der Waals surface area contributed by atoms with Crippen molar-refractivity contribution in [1.82, 2.24) is 31.9 Å². The Bertz CT molecular complexity index is 220. The standard InChI is InChI=1S/C10H22Cl4N6/c11-9(12)17-5-1-15-2-6-18-10(13,14)20-8-4-16-3-7-19-9/h15-20H,1-8H2. The Morgan fingerprint density at radius 2 is 0.700 bits per heavy atom. The lowest BCUT2D eigenvalue weighted by molar-refractivity contribution is 0.442. The predicted octanol–water partition coefficient (Wildman–Crippen LogP) is -0.285. The van der Waals surface area contributed by atoms with Crippen LogP contribution < -0.4 is 31.9 Å². The second-order valence-corrected chi connectivity index (χ2v) is 7.01. The van der Waals surface area contributed by atoms with Gasteiger partial charge in [-0.15, -0.1) is 0 Å². The van der Waals surface area contributed by atoms with E-state index in [-0.39, 0.29) is 0 Å². The van der Waals surface area contributed by atoms with Crippen LogP contribution in [0.1, 0.15) is 0 Å². The molecule has 0 saturated carbocycles. The first kappa shape index (κ1) is 19.0. The Hall–Kier alpha value is 0.920. The SMILES string of the molecule is ClC1(Cl)NCCNCCNC(Cl)(Cl)NCCNCCN1. The molecular weight excluding hydrogens is 346 g/mol. The molecule has 6 N–H and O–H groups in total. The Labute approximate surface area is 140 Å². The highest BCUT2D eigenvalue weighted by Gasteiger charge is 2.22. The highest BCUT2D eigenvalue weighted by atomic mass is 35.5. The van der Waals surface area contributed by atoms with E-state index < -0.39 is 9.16 Å². The second kappa shape index (κ2) is 9.84. The van der Waals surface area contributed by atoms with Crippen molar-refractivity contribution in [1.29, 1.82) is 0 Å². The fourth-order valence-electron chi connectivity index (χ4n) is 1.61. The van der Waals surface area contributed by atoms with Crippen molar-refractivity contribution in [3.63, 3.8) is 0 Å². The minimum absolute atomic E-state index is 0.637. The Morgan fingerprint density at radius 1 is 0.450 bits per heavy atom. The van der Waals surface area contributed by atoms with Gasteiger partial charge in [-0.25, -0.2) is 0 Å². The highest BCUT2D eigenvalue weighted by Crippen LogP contribution is 2.12. The molecular formula is C10H22Cl4N6. The van der Waals surface area contributed by atoms with E-state index in [9.17, 15) is 0 Å². The van der Waals surface area contributed by atoms with Crippen LogP contribution in [0.25, 0.3) is 0 Å².